The molecule has 2 aromatic rings. The molecule has 0 aliphatic heterocycles. The molecule has 1 heterocycles. The van der Waals surface area contributed by atoms with Gasteiger partial charge in [0, 0.05) is 18.4 Å². The SMILES string of the molecule is COCc1nc(-c2ccccc2N)no1. The second-order valence-electron chi connectivity index (χ2n) is 3.03. The minimum absolute atomic E-state index is 0.305. The van der Waals surface area contributed by atoms with E-state index in [2.05, 4.69) is 10.1 Å². The minimum atomic E-state index is 0.305. The number of aromatic nitrogens is 2. The number of hydrogen-bond acceptors (Lipinski definition) is 5. The first kappa shape index (κ1) is 9.67. The summed E-state index contributed by atoms with van der Waals surface area (Å²) in [6, 6.07) is 7.37. The number of nitrogen functional groups attached to an aromatic ring is 1. The van der Waals surface area contributed by atoms with E-state index in [0.717, 1.165) is 5.56 Å². The van der Waals surface area contributed by atoms with Crippen molar-refractivity contribution in [2.24, 2.45) is 0 Å². The molecule has 0 unspecified atom stereocenters. The number of benzene rings is 1. The van der Waals surface area contributed by atoms with Crippen LogP contribution < -0.4 is 5.73 Å². The smallest absolute Gasteiger partial charge is 0.252 e. The first-order valence-corrected chi connectivity index (χ1v) is 4.47. The lowest BCUT2D eigenvalue weighted by Crippen LogP contribution is -1.91. The Morgan fingerprint density at radius 1 is 1.40 bits per heavy atom. The largest absolute Gasteiger partial charge is 0.398 e. The van der Waals surface area contributed by atoms with E-state index in [-0.39, 0.29) is 0 Å². The second-order valence-corrected chi connectivity index (χ2v) is 3.03. The Kier molecular flexibility index (Phi) is 2.64. The van der Waals surface area contributed by atoms with E-state index in [1.165, 1.54) is 0 Å². The number of para-hydroxylation sites is 1. The number of hydrogen-bond donors (Lipinski definition) is 1. The van der Waals surface area contributed by atoms with E-state index in [0.29, 0.717) is 24.0 Å². The van der Waals surface area contributed by atoms with Gasteiger partial charge in [-0.15, -0.1) is 0 Å². The molecule has 5 nitrogen and oxygen atoms in total. The molecule has 0 amide bonds. The summed E-state index contributed by atoms with van der Waals surface area (Å²) in [6.07, 6.45) is 0. The van der Waals surface area contributed by atoms with Crippen LogP contribution in [0.2, 0.25) is 0 Å². The average Bonchev–Trinajstić information content (AvgIpc) is 2.68. The average molecular weight is 205 g/mol. The fourth-order valence-corrected chi connectivity index (χ4v) is 1.25. The van der Waals surface area contributed by atoms with Gasteiger partial charge in [-0.25, -0.2) is 0 Å². The van der Waals surface area contributed by atoms with Crippen molar-refractivity contribution in [3.63, 3.8) is 0 Å². The van der Waals surface area contributed by atoms with Gasteiger partial charge in [0.15, 0.2) is 0 Å². The Labute approximate surface area is 86.9 Å². The molecular formula is C10H11N3O2. The van der Waals surface area contributed by atoms with Crippen LogP contribution in [0, 0.1) is 0 Å². The normalized spacial score (nSPS) is 10.5. The Morgan fingerprint density at radius 2 is 2.20 bits per heavy atom. The highest BCUT2D eigenvalue weighted by Gasteiger charge is 2.09. The van der Waals surface area contributed by atoms with Crippen molar-refractivity contribution in [3.05, 3.63) is 30.2 Å². The molecule has 0 bridgehead atoms. The summed E-state index contributed by atoms with van der Waals surface area (Å²) in [5.41, 5.74) is 7.18. The molecule has 0 aliphatic carbocycles. The molecule has 2 rings (SSSR count). The maximum atomic E-state index is 5.78. The summed E-state index contributed by atoms with van der Waals surface area (Å²) in [4.78, 5) is 4.15. The number of methoxy groups -OCH3 is 1. The van der Waals surface area contributed by atoms with Crippen molar-refractivity contribution in [1.29, 1.82) is 0 Å². The summed E-state index contributed by atoms with van der Waals surface area (Å²) in [5.74, 6) is 0.927. The van der Waals surface area contributed by atoms with Crippen molar-refractivity contribution < 1.29 is 9.26 Å². The van der Waals surface area contributed by atoms with Crippen molar-refractivity contribution in [3.8, 4) is 11.4 Å². The lowest BCUT2D eigenvalue weighted by Gasteiger charge is -1.97. The topological polar surface area (TPSA) is 74.2 Å². The zero-order chi connectivity index (χ0) is 10.7. The van der Waals surface area contributed by atoms with Crippen LogP contribution in [0.25, 0.3) is 11.4 Å². The van der Waals surface area contributed by atoms with Gasteiger partial charge < -0.3 is 15.0 Å². The summed E-state index contributed by atoms with van der Waals surface area (Å²) < 4.78 is 9.85. The highest BCUT2D eigenvalue weighted by molar-refractivity contribution is 5.70. The molecule has 78 valence electrons. The van der Waals surface area contributed by atoms with Crippen molar-refractivity contribution in [2.45, 2.75) is 6.61 Å². The fraction of sp³-hybridized carbons (Fsp3) is 0.200. The molecule has 0 fully saturated rings. The van der Waals surface area contributed by atoms with Gasteiger partial charge in [0.2, 0.25) is 5.82 Å². The van der Waals surface area contributed by atoms with Gasteiger partial charge in [0.1, 0.15) is 6.61 Å². The van der Waals surface area contributed by atoms with Crippen LogP contribution in [0.3, 0.4) is 0 Å². The highest BCUT2D eigenvalue weighted by Crippen LogP contribution is 2.22. The summed E-state index contributed by atoms with van der Waals surface area (Å²) >= 11 is 0. The van der Waals surface area contributed by atoms with E-state index in [1.807, 2.05) is 18.2 Å². The van der Waals surface area contributed by atoms with Gasteiger partial charge in [-0.05, 0) is 12.1 Å². The maximum Gasteiger partial charge on any atom is 0.252 e. The molecule has 0 aliphatic rings. The van der Waals surface area contributed by atoms with Crippen LogP contribution in [0.4, 0.5) is 5.69 Å². The molecule has 0 saturated carbocycles. The maximum absolute atomic E-state index is 5.78. The van der Waals surface area contributed by atoms with Gasteiger partial charge >= 0.3 is 0 Å². The van der Waals surface area contributed by atoms with Gasteiger partial charge in [-0.3, -0.25) is 0 Å². The van der Waals surface area contributed by atoms with Gasteiger partial charge in [0.05, 0.1) is 0 Å². The molecule has 15 heavy (non-hydrogen) atoms. The van der Waals surface area contributed by atoms with Crippen molar-refractivity contribution in [2.75, 3.05) is 12.8 Å². The quantitative estimate of drug-likeness (QED) is 0.768. The number of anilines is 1. The minimum Gasteiger partial charge on any atom is -0.398 e. The molecule has 1 aromatic heterocycles. The Bertz CT molecular complexity index is 453. The number of ether oxygens (including phenoxy) is 1. The molecule has 0 radical (unpaired) electrons. The van der Waals surface area contributed by atoms with Crippen molar-refractivity contribution >= 4 is 5.69 Å². The standard InChI is InChI=1S/C10H11N3O2/c1-14-6-9-12-10(13-15-9)7-4-2-3-5-8(7)11/h2-5H,6,11H2,1H3. The monoisotopic (exact) mass is 205 g/mol. The Hall–Kier alpha value is -1.88. The third kappa shape index (κ3) is 1.97. The van der Waals surface area contributed by atoms with E-state index < -0.39 is 0 Å². The summed E-state index contributed by atoms with van der Waals surface area (Å²) in [7, 11) is 1.57. The highest BCUT2D eigenvalue weighted by atomic mass is 16.5. The first-order chi connectivity index (χ1) is 7.31. The number of nitrogens with zero attached hydrogens (tertiary/aromatic N) is 2. The van der Waals surface area contributed by atoms with Crippen LogP contribution in [0.5, 0.6) is 0 Å². The molecular weight excluding hydrogens is 194 g/mol. The Morgan fingerprint density at radius 3 is 2.93 bits per heavy atom. The van der Waals surface area contributed by atoms with E-state index in [1.54, 1.807) is 13.2 Å². The third-order valence-electron chi connectivity index (χ3n) is 1.94. The van der Waals surface area contributed by atoms with E-state index >= 15 is 0 Å². The molecule has 5 heteroatoms. The van der Waals surface area contributed by atoms with Crippen LogP contribution in [0.1, 0.15) is 5.89 Å². The van der Waals surface area contributed by atoms with Crippen LogP contribution in [0.15, 0.2) is 28.8 Å². The lowest BCUT2D eigenvalue weighted by molar-refractivity contribution is 0.151. The molecule has 1 aromatic carbocycles. The summed E-state index contributed by atoms with van der Waals surface area (Å²) in [6.45, 7) is 0.305. The van der Waals surface area contributed by atoms with Crippen LogP contribution in [-0.2, 0) is 11.3 Å². The predicted octanol–water partition coefficient (Wildman–Crippen LogP) is 1.47. The number of nitrogens with two attached hydrogens (primary N) is 1. The van der Waals surface area contributed by atoms with Gasteiger partial charge in [-0.1, -0.05) is 17.3 Å². The van der Waals surface area contributed by atoms with E-state index in [4.69, 9.17) is 15.0 Å². The molecule has 0 spiro atoms. The fourth-order valence-electron chi connectivity index (χ4n) is 1.25. The molecule has 0 saturated heterocycles. The summed E-state index contributed by atoms with van der Waals surface area (Å²) in [5, 5.41) is 3.82. The zero-order valence-corrected chi connectivity index (χ0v) is 8.30. The zero-order valence-electron chi connectivity index (χ0n) is 8.30. The first-order valence-electron chi connectivity index (χ1n) is 4.47. The van der Waals surface area contributed by atoms with E-state index in [9.17, 15) is 0 Å². The lowest BCUT2D eigenvalue weighted by atomic mass is 10.2. The molecule has 2 N–H and O–H groups in total. The van der Waals surface area contributed by atoms with Crippen molar-refractivity contribution in [1.82, 2.24) is 10.1 Å². The van der Waals surface area contributed by atoms with Gasteiger partial charge in [0.25, 0.3) is 5.89 Å². The number of rotatable bonds is 3. The third-order valence-corrected chi connectivity index (χ3v) is 1.94. The second kappa shape index (κ2) is 4.10. The Balaban J connectivity index is 2.33. The molecule has 0 atom stereocenters. The van der Waals surface area contributed by atoms with Crippen LogP contribution in [-0.4, -0.2) is 17.3 Å². The van der Waals surface area contributed by atoms with Gasteiger partial charge in [-0.2, -0.15) is 4.98 Å². The predicted molar refractivity (Wildman–Crippen MR) is 54.9 cm³/mol. The van der Waals surface area contributed by atoms with Crippen LogP contribution >= 0.6 is 0 Å².